The molecule has 0 aliphatic carbocycles. The average molecular weight is 291 g/mol. The minimum atomic E-state index is -5.55. The van der Waals surface area contributed by atoms with Gasteiger partial charge in [-0.3, -0.25) is 4.31 Å². The third-order valence-electron chi connectivity index (χ3n) is 0.206. The van der Waals surface area contributed by atoms with Gasteiger partial charge in [0, 0.05) is 0 Å². The molecule has 2 N–H and O–H groups in total. The van der Waals surface area contributed by atoms with Crippen molar-refractivity contribution in [3.63, 3.8) is 0 Å². The fourth-order valence-corrected chi connectivity index (χ4v) is 1.17. The van der Waals surface area contributed by atoms with Gasteiger partial charge in [-0.1, -0.05) is 0 Å². The molecule has 0 heterocycles. The van der Waals surface area contributed by atoms with Crippen molar-refractivity contribution >= 4 is 53.4 Å². The van der Waals surface area contributed by atoms with Crippen LogP contribution in [-0.4, -0.2) is 47.5 Å². The molecule has 0 fully saturated rings. The summed E-state index contributed by atoms with van der Waals surface area (Å²) < 4.78 is 21.7. The van der Waals surface area contributed by atoms with Crippen LogP contribution >= 0.6 is 15.6 Å². The molecule has 0 rings (SSSR count). The van der Waals surface area contributed by atoms with E-state index in [1.54, 1.807) is 0 Å². The van der Waals surface area contributed by atoms with E-state index in [0.29, 0.717) is 0 Å². The van der Waals surface area contributed by atoms with E-state index < -0.39 is 15.6 Å². The monoisotopic (exact) mass is 290 g/mol. The first-order valence-corrected chi connectivity index (χ1v) is 4.49. The van der Waals surface area contributed by atoms with Crippen LogP contribution in [0.15, 0.2) is 0 Å². The van der Waals surface area contributed by atoms with E-state index in [0.717, 1.165) is 0 Å². The Morgan fingerprint density at radius 2 is 1.42 bits per heavy atom. The van der Waals surface area contributed by atoms with E-state index in [-0.39, 0.29) is 102 Å². The van der Waals surface area contributed by atoms with Crippen molar-refractivity contribution in [2.24, 2.45) is 0 Å². The van der Waals surface area contributed by atoms with Gasteiger partial charge in [-0.25, -0.2) is 4.57 Å². The Morgan fingerprint density at radius 3 is 1.42 bits per heavy atom. The maximum Gasteiger partial charge on any atom is 2.00 e. The fraction of sp³-hybridized carbons (Fsp3) is 0. The molecule has 0 aliphatic heterocycles. The van der Waals surface area contributed by atoms with E-state index in [4.69, 9.17) is 9.79 Å². The maximum atomic E-state index is 9.55. The predicted octanol–water partition coefficient (Wildman–Crippen LogP) is -8.45. The standard InChI is InChI=1S/Ca.ClH.K.H4O7P2/c;;;1-8(2,3)7-9(4,5)6/h;1H;;(H2,1,2,3)(H2,4,5,6)/q+2;;+1;/p-3. The number of hydrogen-bond acceptors (Lipinski definition) is 5. The van der Waals surface area contributed by atoms with Gasteiger partial charge < -0.3 is 36.5 Å². The molecular weight excluding hydrogens is 289 g/mol. The molecule has 12 heavy (non-hydrogen) atoms. The molecule has 0 radical (unpaired) electrons. The second kappa shape index (κ2) is 9.66. The Kier molecular flexibility index (Phi) is 19.8. The number of halogens is 1. The van der Waals surface area contributed by atoms with Crippen LogP contribution < -0.4 is 73.6 Å². The average Bonchev–Trinajstić information content (AvgIpc) is 1.14. The van der Waals surface area contributed by atoms with E-state index in [9.17, 15) is 18.9 Å². The largest absolute Gasteiger partial charge is 2.00 e. The van der Waals surface area contributed by atoms with Gasteiger partial charge in [0.25, 0.3) is 0 Å². The normalized spacial score (nSPS) is 10.3. The third kappa shape index (κ3) is 23.3. The summed E-state index contributed by atoms with van der Waals surface area (Å²) in [7, 11) is -10.7. The predicted molar refractivity (Wildman–Crippen MR) is 26.5 cm³/mol. The van der Waals surface area contributed by atoms with Crippen molar-refractivity contribution in [2.75, 3.05) is 0 Å². The molecule has 0 aromatic carbocycles. The summed E-state index contributed by atoms with van der Waals surface area (Å²) in [5.41, 5.74) is 0. The number of phosphoric acid groups is 2. The molecular formula is H2CaClKO7P2. The van der Waals surface area contributed by atoms with Gasteiger partial charge in [-0.15, -0.1) is 0 Å². The first kappa shape index (κ1) is 24.6. The molecule has 0 aromatic rings. The second-order valence-electron chi connectivity index (χ2n) is 1.02. The van der Waals surface area contributed by atoms with Crippen molar-refractivity contribution in [3.05, 3.63) is 0 Å². The molecule has 0 bridgehead atoms. The quantitative estimate of drug-likeness (QED) is 0.381. The molecule has 64 valence electrons. The molecule has 0 amide bonds. The zero-order chi connectivity index (χ0) is 7.71. The molecule has 7 nitrogen and oxygen atoms in total. The SMILES string of the molecule is O=P([O-])([O-])OP(=O)(O)O.[Ca+2].[Cl-].[K+]. The number of hydrogen-bond donors (Lipinski definition) is 2. The zero-order valence-corrected chi connectivity index (χ0v) is 13.8. The second-order valence-corrected chi connectivity index (χ2v) is 3.55. The molecule has 12 heteroatoms. The van der Waals surface area contributed by atoms with Crippen molar-refractivity contribution in [2.45, 2.75) is 0 Å². The van der Waals surface area contributed by atoms with Crippen molar-refractivity contribution in [1.82, 2.24) is 0 Å². The van der Waals surface area contributed by atoms with E-state index in [2.05, 4.69) is 4.31 Å². The summed E-state index contributed by atoms with van der Waals surface area (Å²) in [6, 6.07) is 0. The van der Waals surface area contributed by atoms with Gasteiger partial charge >= 0.3 is 96.9 Å². The van der Waals surface area contributed by atoms with Crippen molar-refractivity contribution < 1.29 is 96.8 Å². The fourth-order valence-electron chi connectivity index (χ4n) is 0.130. The number of rotatable bonds is 2. The topological polar surface area (TPSA) is 130 Å². The summed E-state index contributed by atoms with van der Waals surface area (Å²) in [4.78, 5) is 34.1. The van der Waals surface area contributed by atoms with Crippen molar-refractivity contribution in [3.8, 4) is 0 Å². The summed E-state index contributed by atoms with van der Waals surface area (Å²) >= 11 is 0. The van der Waals surface area contributed by atoms with Crippen LogP contribution in [0.25, 0.3) is 0 Å². The summed E-state index contributed by atoms with van der Waals surface area (Å²) in [6.07, 6.45) is 0. The van der Waals surface area contributed by atoms with Gasteiger partial charge in [-0.05, 0) is 0 Å². The molecule has 0 unspecified atom stereocenters. The van der Waals surface area contributed by atoms with Crippen LogP contribution in [0.4, 0.5) is 0 Å². The molecule has 0 aromatic heterocycles. The van der Waals surface area contributed by atoms with E-state index in [1.807, 2.05) is 0 Å². The maximum absolute atomic E-state index is 9.55. The summed E-state index contributed by atoms with van der Waals surface area (Å²) in [5.74, 6) is 0. The van der Waals surface area contributed by atoms with Crippen LogP contribution in [0.5, 0.6) is 0 Å². The van der Waals surface area contributed by atoms with E-state index >= 15 is 0 Å². The molecule has 0 atom stereocenters. The van der Waals surface area contributed by atoms with E-state index in [1.165, 1.54) is 0 Å². The molecule has 0 spiro atoms. The molecule has 0 saturated carbocycles. The van der Waals surface area contributed by atoms with Gasteiger partial charge in [-0.2, -0.15) is 0 Å². The minimum absolute atomic E-state index is 0. The first-order valence-electron chi connectivity index (χ1n) is 1.50. The minimum Gasteiger partial charge on any atom is -1.00 e. The summed E-state index contributed by atoms with van der Waals surface area (Å²) in [5, 5.41) is 0. The third-order valence-corrected chi connectivity index (χ3v) is 1.86. The Morgan fingerprint density at radius 1 is 1.17 bits per heavy atom. The van der Waals surface area contributed by atoms with Gasteiger partial charge in [0.15, 0.2) is 0 Å². The Bertz CT molecular complexity index is 162. The summed E-state index contributed by atoms with van der Waals surface area (Å²) in [6.45, 7) is 0. The molecule has 0 aliphatic rings. The van der Waals surface area contributed by atoms with Crippen LogP contribution in [0, 0.1) is 0 Å². The first-order chi connectivity index (χ1) is 3.71. The Labute approximate surface area is 147 Å². The van der Waals surface area contributed by atoms with Crippen LogP contribution in [0.1, 0.15) is 0 Å². The smallest absolute Gasteiger partial charge is 1.00 e. The van der Waals surface area contributed by atoms with Crippen LogP contribution in [-0.2, 0) is 13.4 Å². The zero-order valence-electron chi connectivity index (χ0n) is 5.92. The molecule has 0 saturated heterocycles. The van der Waals surface area contributed by atoms with Crippen LogP contribution in [0.3, 0.4) is 0 Å². The van der Waals surface area contributed by atoms with Gasteiger partial charge in [0.2, 0.25) is 0 Å². The van der Waals surface area contributed by atoms with Gasteiger partial charge in [0.05, 0.1) is 7.82 Å². The van der Waals surface area contributed by atoms with Crippen molar-refractivity contribution in [1.29, 1.82) is 0 Å². The Hall–Kier alpha value is 3.45. The van der Waals surface area contributed by atoms with Gasteiger partial charge in [0.1, 0.15) is 0 Å². The Balaban J connectivity index is -0.000000107. The van der Waals surface area contributed by atoms with Crippen LogP contribution in [0.2, 0.25) is 0 Å².